The summed E-state index contributed by atoms with van der Waals surface area (Å²) in [7, 11) is 0. The average molecular weight is 369 g/mol. The SMILES string of the molecule is OCC[C@@H]1CCC2(C[C@@H](COCc3ccccc3)O1)SCCCS2. The molecule has 0 aliphatic carbocycles. The van der Waals surface area contributed by atoms with Crippen molar-refractivity contribution in [1.82, 2.24) is 0 Å². The number of benzene rings is 1. The quantitative estimate of drug-likeness (QED) is 0.819. The molecule has 1 aromatic carbocycles. The van der Waals surface area contributed by atoms with Crippen molar-refractivity contribution in [2.45, 2.75) is 55.0 Å². The lowest BCUT2D eigenvalue weighted by atomic mass is 10.1. The number of hydrogen-bond acceptors (Lipinski definition) is 5. The molecule has 2 heterocycles. The molecule has 1 spiro atoms. The largest absolute Gasteiger partial charge is 0.396 e. The number of aliphatic hydroxyl groups is 1. The third kappa shape index (κ3) is 5.40. The average Bonchev–Trinajstić information content (AvgIpc) is 2.77. The first-order valence-electron chi connectivity index (χ1n) is 8.95. The van der Waals surface area contributed by atoms with E-state index in [1.54, 1.807) is 0 Å². The summed E-state index contributed by atoms with van der Waals surface area (Å²) in [5, 5.41) is 9.30. The normalized spacial score (nSPS) is 27.0. The smallest absolute Gasteiger partial charge is 0.0833 e. The minimum absolute atomic E-state index is 0.130. The Bertz CT molecular complexity index is 477. The highest BCUT2D eigenvalue weighted by molar-refractivity contribution is 8.18. The van der Waals surface area contributed by atoms with Crippen LogP contribution in [0.1, 0.15) is 37.7 Å². The molecule has 0 unspecified atom stereocenters. The third-order valence-corrected chi connectivity index (χ3v) is 8.14. The molecule has 5 heteroatoms. The maximum atomic E-state index is 9.30. The molecule has 2 fully saturated rings. The predicted molar refractivity (Wildman–Crippen MR) is 103 cm³/mol. The third-order valence-electron chi connectivity index (χ3n) is 4.66. The second-order valence-corrected chi connectivity index (χ2v) is 9.81. The molecule has 2 atom stereocenters. The maximum Gasteiger partial charge on any atom is 0.0833 e. The standard InChI is InChI=1S/C19H28O3S2/c20-10-8-17-7-9-19(23-11-4-12-24-19)13-18(22-17)15-21-14-16-5-2-1-3-6-16/h1-3,5-6,17-18,20H,4,7-15H2/t17-,18-/m0/s1. The van der Waals surface area contributed by atoms with Crippen molar-refractivity contribution in [3.05, 3.63) is 35.9 Å². The highest BCUT2D eigenvalue weighted by atomic mass is 32.2. The van der Waals surface area contributed by atoms with Crippen molar-refractivity contribution in [2.75, 3.05) is 24.7 Å². The lowest BCUT2D eigenvalue weighted by molar-refractivity contribution is -0.0637. The molecule has 2 saturated heterocycles. The highest BCUT2D eigenvalue weighted by Gasteiger charge is 2.40. The summed E-state index contributed by atoms with van der Waals surface area (Å²) in [4.78, 5) is 0. The van der Waals surface area contributed by atoms with Crippen LogP contribution in [0.2, 0.25) is 0 Å². The number of aliphatic hydroxyl groups excluding tert-OH is 1. The number of hydrogen-bond donors (Lipinski definition) is 1. The van der Waals surface area contributed by atoms with Gasteiger partial charge in [-0.3, -0.25) is 0 Å². The first-order valence-corrected chi connectivity index (χ1v) is 10.9. The van der Waals surface area contributed by atoms with Crippen LogP contribution in [0.25, 0.3) is 0 Å². The van der Waals surface area contributed by atoms with Gasteiger partial charge in [-0.1, -0.05) is 30.3 Å². The zero-order chi connectivity index (χ0) is 16.7. The second-order valence-electron chi connectivity index (χ2n) is 6.60. The molecule has 0 aromatic heterocycles. The van der Waals surface area contributed by atoms with E-state index in [0.29, 0.717) is 17.3 Å². The molecule has 24 heavy (non-hydrogen) atoms. The minimum Gasteiger partial charge on any atom is -0.396 e. The van der Waals surface area contributed by atoms with Crippen LogP contribution in [0, 0.1) is 0 Å². The van der Waals surface area contributed by atoms with Gasteiger partial charge in [-0.05, 0) is 49.2 Å². The van der Waals surface area contributed by atoms with E-state index in [2.05, 4.69) is 35.7 Å². The van der Waals surface area contributed by atoms with E-state index in [9.17, 15) is 5.11 Å². The van der Waals surface area contributed by atoms with Crippen LogP contribution >= 0.6 is 23.5 Å². The van der Waals surface area contributed by atoms with Gasteiger partial charge in [-0.15, -0.1) is 23.5 Å². The van der Waals surface area contributed by atoms with Gasteiger partial charge in [-0.25, -0.2) is 0 Å². The van der Waals surface area contributed by atoms with E-state index < -0.39 is 0 Å². The molecule has 2 aliphatic rings. The molecular weight excluding hydrogens is 340 g/mol. The molecule has 3 rings (SSSR count). The Kier molecular flexibility index (Phi) is 7.35. The lowest BCUT2D eigenvalue weighted by Crippen LogP contribution is -2.32. The van der Waals surface area contributed by atoms with Crippen molar-refractivity contribution < 1.29 is 14.6 Å². The molecule has 0 saturated carbocycles. The summed E-state index contributed by atoms with van der Waals surface area (Å²) < 4.78 is 12.6. The summed E-state index contributed by atoms with van der Waals surface area (Å²) in [5.41, 5.74) is 1.20. The molecule has 0 amide bonds. The summed E-state index contributed by atoms with van der Waals surface area (Å²) in [6.07, 6.45) is 5.64. The molecule has 1 aromatic rings. The molecule has 0 bridgehead atoms. The Hall–Kier alpha value is -0.200. The van der Waals surface area contributed by atoms with Crippen molar-refractivity contribution >= 4 is 23.5 Å². The van der Waals surface area contributed by atoms with Crippen molar-refractivity contribution in [1.29, 1.82) is 0 Å². The fourth-order valence-corrected chi connectivity index (χ4v) is 6.90. The fourth-order valence-electron chi connectivity index (χ4n) is 3.43. The van der Waals surface area contributed by atoms with Crippen LogP contribution in [0.4, 0.5) is 0 Å². The summed E-state index contributed by atoms with van der Waals surface area (Å²) in [6, 6.07) is 10.3. The summed E-state index contributed by atoms with van der Waals surface area (Å²) in [5.74, 6) is 2.52. The van der Waals surface area contributed by atoms with Crippen LogP contribution < -0.4 is 0 Å². The van der Waals surface area contributed by atoms with Gasteiger partial charge in [-0.2, -0.15) is 0 Å². The van der Waals surface area contributed by atoms with Gasteiger partial charge in [0.1, 0.15) is 0 Å². The van der Waals surface area contributed by atoms with Crippen molar-refractivity contribution in [3.63, 3.8) is 0 Å². The first-order chi connectivity index (χ1) is 11.8. The highest BCUT2D eigenvalue weighted by Crippen LogP contribution is 2.50. The van der Waals surface area contributed by atoms with E-state index in [0.717, 1.165) is 19.3 Å². The van der Waals surface area contributed by atoms with E-state index in [1.807, 2.05) is 18.2 Å². The number of rotatable bonds is 6. The molecular formula is C19H28O3S2. The summed E-state index contributed by atoms with van der Waals surface area (Å²) >= 11 is 4.24. The van der Waals surface area contributed by atoms with E-state index in [4.69, 9.17) is 9.47 Å². The molecule has 1 N–H and O–H groups in total. The van der Waals surface area contributed by atoms with E-state index in [-0.39, 0.29) is 18.8 Å². The zero-order valence-electron chi connectivity index (χ0n) is 14.2. The Morgan fingerprint density at radius 2 is 1.96 bits per heavy atom. The predicted octanol–water partition coefficient (Wildman–Crippen LogP) is 4.09. The second kappa shape index (κ2) is 9.48. The Morgan fingerprint density at radius 1 is 1.17 bits per heavy atom. The Morgan fingerprint density at radius 3 is 2.71 bits per heavy atom. The van der Waals surface area contributed by atoms with Crippen LogP contribution in [0.5, 0.6) is 0 Å². The van der Waals surface area contributed by atoms with Crippen LogP contribution in [0.3, 0.4) is 0 Å². The fraction of sp³-hybridized carbons (Fsp3) is 0.684. The topological polar surface area (TPSA) is 38.7 Å². The van der Waals surface area contributed by atoms with Crippen LogP contribution in [-0.2, 0) is 16.1 Å². The lowest BCUT2D eigenvalue weighted by Gasteiger charge is -2.36. The van der Waals surface area contributed by atoms with Gasteiger partial charge in [0.05, 0.1) is 29.5 Å². The van der Waals surface area contributed by atoms with Gasteiger partial charge >= 0.3 is 0 Å². The zero-order valence-corrected chi connectivity index (χ0v) is 15.8. The molecule has 134 valence electrons. The van der Waals surface area contributed by atoms with Gasteiger partial charge in [0, 0.05) is 6.61 Å². The van der Waals surface area contributed by atoms with E-state index >= 15 is 0 Å². The number of thioether (sulfide) groups is 2. The van der Waals surface area contributed by atoms with E-state index in [1.165, 1.54) is 29.9 Å². The van der Waals surface area contributed by atoms with Gasteiger partial charge in [0.25, 0.3) is 0 Å². The first kappa shape index (κ1) is 18.6. The van der Waals surface area contributed by atoms with Crippen LogP contribution in [-0.4, -0.2) is 46.1 Å². The van der Waals surface area contributed by atoms with Crippen molar-refractivity contribution in [3.8, 4) is 0 Å². The Labute approximate surface area is 153 Å². The molecule has 2 aliphatic heterocycles. The number of ether oxygens (including phenoxy) is 2. The van der Waals surface area contributed by atoms with Gasteiger partial charge < -0.3 is 14.6 Å². The van der Waals surface area contributed by atoms with Crippen molar-refractivity contribution in [2.24, 2.45) is 0 Å². The molecule has 0 radical (unpaired) electrons. The monoisotopic (exact) mass is 368 g/mol. The van der Waals surface area contributed by atoms with Crippen LogP contribution in [0.15, 0.2) is 30.3 Å². The summed E-state index contributed by atoms with van der Waals surface area (Å²) in [6.45, 7) is 1.48. The van der Waals surface area contributed by atoms with Gasteiger partial charge in [0.2, 0.25) is 0 Å². The molecule has 3 nitrogen and oxygen atoms in total. The minimum atomic E-state index is 0.130. The maximum absolute atomic E-state index is 9.30. The van der Waals surface area contributed by atoms with Gasteiger partial charge in [0.15, 0.2) is 0 Å². The Balaban J connectivity index is 1.57.